The number of ether oxygens (including phenoxy) is 1. The van der Waals surface area contributed by atoms with Crippen LogP contribution in [-0.4, -0.2) is 39.6 Å². The molecule has 0 aliphatic carbocycles. The number of fused-ring (bicyclic) bond motifs is 1. The van der Waals surface area contributed by atoms with Gasteiger partial charge in [-0.05, 0) is 12.8 Å². The fraction of sp³-hybridized carbons (Fsp3) is 0.765. The molecule has 2 fully saturated rings. The van der Waals surface area contributed by atoms with Gasteiger partial charge in [-0.15, -0.1) is 0 Å². The van der Waals surface area contributed by atoms with Gasteiger partial charge in [0.2, 0.25) is 0 Å². The van der Waals surface area contributed by atoms with E-state index in [1.165, 1.54) is 25.5 Å². The van der Waals surface area contributed by atoms with Crippen molar-refractivity contribution < 1.29 is 28.3 Å². The van der Waals surface area contributed by atoms with E-state index in [9.17, 15) is 19.4 Å². The molecule has 2 aliphatic heterocycles. The number of nitrogens with zero attached hydrogens (tertiary/aromatic N) is 2. The lowest BCUT2D eigenvalue weighted by Gasteiger charge is -2.34. The van der Waals surface area contributed by atoms with Gasteiger partial charge in [0.05, 0.1) is 6.61 Å². The maximum atomic E-state index is 12.3. The van der Waals surface area contributed by atoms with E-state index in [0.717, 1.165) is 23.8 Å². The zero-order valence-corrected chi connectivity index (χ0v) is 17.8. The van der Waals surface area contributed by atoms with Crippen molar-refractivity contribution in [2.24, 2.45) is 0 Å². The summed E-state index contributed by atoms with van der Waals surface area (Å²) < 4.78 is 27.7. The topological polar surface area (TPSA) is 185 Å². The van der Waals surface area contributed by atoms with Gasteiger partial charge >= 0.3 is 5.69 Å². The van der Waals surface area contributed by atoms with Gasteiger partial charge in [-0.2, -0.15) is 4.98 Å². The first kappa shape index (κ1) is 23.9. The Morgan fingerprint density at radius 1 is 1.34 bits per heavy atom. The van der Waals surface area contributed by atoms with Crippen molar-refractivity contribution in [3.63, 3.8) is 0 Å². The van der Waals surface area contributed by atoms with Gasteiger partial charge in [0.15, 0.2) is 6.23 Å². The Balaban J connectivity index is 0.00000300. The second-order valence-electron chi connectivity index (χ2n) is 7.23. The van der Waals surface area contributed by atoms with E-state index in [0.29, 0.717) is 12.0 Å². The summed E-state index contributed by atoms with van der Waals surface area (Å²) in [5, 5.41) is 10.5. The molecule has 5 unspecified atom stereocenters. The summed E-state index contributed by atoms with van der Waals surface area (Å²) in [5.74, 6) is 0.156. The molecular formula is C17H31N4O7P. The maximum Gasteiger partial charge on any atom is 0.351 e. The Hall–Kier alpha value is -1.33. The van der Waals surface area contributed by atoms with Crippen molar-refractivity contribution in [2.45, 2.75) is 76.4 Å². The van der Waals surface area contributed by atoms with Crippen LogP contribution >= 0.6 is 7.82 Å². The van der Waals surface area contributed by atoms with Gasteiger partial charge < -0.3 is 35.7 Å². The maximum absolute atomic E-state index is 12.3. The van der Waals surface area contributed by atoms with Crippen molar-refractivity contribution in [3.8, 4) is 0 Å². The molecule has 2 saturated heterocycles. The van der Waals surface area contributed by atoms with Crippen molar-refractivity contribution in [2.75, 3.05) is 12.3 Å². The molecule has 0 saturated carbocycles. The highest BCUT2D eigenvalue weighted by atomic mass is 31.2. The van der Waals surface area contributed by atoms with E-state index in [4.69, 9.17) is 15.0 Å². The number of aliphatic hydroxyl groups excluding tert-OH is 1. The number of hydrogen-bond donors (Lipinski definition) is 3. The molecule has 3 rings (SSSR count). The normalized spacial score (nSPS) is 31.3. The van der Waals surface area contributed by atoms with Gasteiger partial charge in [0, 0.05) is 11.8 Å². The van der Waals surface area contributed by atoms with Gasteiger partial charge in [0.1, 0.15) is 24.1 Å². The first-order valence-corrected chi connectivity index (χ1v) is 11.1. The van der Waals surface area contributed by atoms with Crippen LogP contribution in [0.3, 0.4) is 0 Å². The highest BCUT2D eigenvalue weighted by Crippen LogP contribution is 2.49. The molecule has 5 atom stereocenters. The molecule has 29 heavy (non-hydrogen) atoms. The highest BCUT2D eigenvalue weighted by Gasteiger charge is 2.50. The number of aromatic nitrogens is 2. The van der Waals surface area contributed by atoms with Crippen molar-refractivity contribution in [1.82, 2.24) is 15.7 Å². The third kappa shape index (κ3) is 5.64. The molecule has 0 radical (unpaired) electrons. The van der Waals surface area contributed by atoms with E-state index in [2.05, 4.69) is 16.4 Å². The molecule has 1 aromatic heterocycles. The molecule has 3 heterocycles. The highest BCUT2D eigenvalue weighted by molar-refractivity contribution is 7.45. The number of aliphatic hydroxyl groups is 1. The van der Waals surface area contributed by atoms with E-state index >= 15 is 0 Å². The Bertz CT molecular complexity index is 790. The molecule has 1 aromatic rings. The molecule has 2 aliphatic rings. The molecular weight excluding hydrogens is 403 g/mol. The van der Waals surface area contributed by atoms with Crippen molar-refractivity contribution in [3.05, 3.63) is 22.2 Å². The summed E-state index contributed by atoms with van der Waals surface area (Å²) in [5.41, 5.74) is 5.89. The SMILES string of the molecule is CCCCCCCCc1cn(C2OC3COP(=O)([O-])OC3C2O)c(=O)nc1N.[NH4+]. The average Bonchev–Trinajstić information content (AvgIpc) is 2.95. The lowest BCUT2D eigenvalue weighted by molar-refractivity contribution is -0.245. The Kier molecular flexibility index (Phi) is 8.36. The summed E-state index contributed by atoms with van der Waals surface area (Å²) >= 11 is 0. The van der Waals surface area contributed by atoms with Crippen LogP contribution in [0.1, 0.15) is 57.2 Å². The average molecular weight is 434 g/mol. The molecule has 0 aromatic carbocycles. The third-order valence-corrected chi connectivity index (χ3v) is 6.06. The monoisotopic (exact) mass is 434 g/mol. The summed E-state index contributed by atoms with van der Waals surface area (Å²) in [4.78, 5) is 27.6. The number of unbranched alkanes of at least 4 members (excludes halogenated alkanes) is 5. The molecule has 0 bridgehead atoms. The van der Waals surface area contributed by atoms with Crippen LogP contribution in [0.5, 0.6) is 0 Å². The number of aryl methyl sites for hydroxylation is 1. The fourth-order valence-corrected chi connectivity index (χ4v) is 4.50. The van der Waals surface area contributed by atoms with Gasteiger partial charge in [-0.25, -0.2) is 4.79 Å². The number of nitrogen functional groups attached to an aromatic ring is 1. The number of nitrogens with two attached hydrogens (primary N) is 1. The molecule has 12 heteroatoms. The summed E-state index contributed by atoms with van der Waals surface area (Å²) in [7, 11) is -4.48. The largest absolute Gasteiger partial charge is 0.756 e. The van der Waals surface area contributed by atoms with E-state index < -0.39 is 38.1 Å². The van der Waals surface area contributed by atoms with Crippen LogP contribution in [0.25, 0.3) is 0 Å². The third-order valence-electron chi connectivity index (χ3n) is 5.09. The first-order chi connectivity index (χ1) is 13.3. The smallest absolute Gasteiger partial charge is 0.351 e. The van der Waals surface area contributed by atoms with E-state index in [-0.39, 0.29) is 18.6 Å². The Labute approximate surface area is 169 Å². The molecule has 166 valence electrons. The zero-order valence-electron chi connectivity index (χ0n) is 16.9. The van der Waals surface area contributed by atoms with Crippen LogP contribution < -0.4 is 22.5 Å². The lowest BCUT2D eigenvalue weighted by atomic mass is 10.1. The quantitative estimate of drug-likeness (QED) is 0.400. The second kappa shape index (κ2) is 10.1. The minimum atomic E-state index is -4.48. The van der Waals surface area contributed by atoms with Gasteiger partial charge in [-0.3, -0.25) is 9.13 Å². The molecule has 11 nitrogen and oxygen atoms in total. The number of anilines is 1. The summed E-state index contributed by atoms with van der Waals surface area (Å²) in [6.45, 7) is 1.89. The number of phosphoric acid groups is 1. The van der Waals surface area contributed by atoms with Crippen LogP contribution in [0.4, 0.5) is 5.82 Å². The lowest BCUT2D eigenvalue weighted by Crippen LogP contribution is -2.41. The molecule has 7 N–H and O–H groups in total. The Morgan fingerprint density at radius 2 is 2.03 bits per heavy atom. The predicted molar refractivity (Wildman–Crippen MR) is 104 cm³/mol. The molecule has 0 amide bonds. The van der Waals surface area contributed by atoms with E-state index in [1.807, 2.05) is 0 Å². The number of hydrogen-bond acceptors (Lipinski definition) is 9. The number of phosphoric ester groups is 1. The minimum absolute atomic E-state index is 0. The number of quaternary nitrogens is 1. The first-order valence-electron chi connectivity index (χ1n) is 9.67. The van der Waals surface area contributed by atoms with Crippen molar-refractivity contribution >= 4 is 13.6 Å². The fourth-order valence-electron chi connectivity index (χ4n) is 3.55. The minimum Gasteiger partial charge on any atom is -0.756 e. The second-order valence-corrected chi connectivity index (χ2v) is 8.59. The van der Waals surface area contributed by atoms with Crippen LogP contribution in [-0.2, 0) is 24.8 Å². The van der Waals surface area contributed by atoms with Gasteiger partial charge in [0.25, 0.3) is 7.82 Å². The Morgan fingerprint density at radius 3 is 2.76 bits per heavy atom. The van der Waals surface area contributed by atoms with Crippen molar-refractivity contribution in [1.29, 1.82) is 0 Å². The van der Waals surface area contributed by atoms with Crippen LogP contribution in [0.15, 0.2) is 11.0 Å². The van der Waals surface area contributed by atoms with Gasteiger partial charge in [-0.1, -0.05) is 39.0 Å². The standard InChI is InChI=1S/C17H28N3O7P.H3N/c1-2-3-4-5-6-7-8-11-9-20(17(22)19-15(11)18)16-13(21)14-12(26-16)10-25-28(23,24)27-14;/h9,12-14,16,21H,2-8,10H2,1H3,(H,23,24)(H2,18,19,22);1H3. The molecule has 0 spiro atoms. The predicted octanol–water partition coefficient (Wildman–Crippen LogP) is 1.25. The number of rotatable bonds is 8. The zero-order chi connectivity index (χ0) is 20.3. The summed E-state index contributed by atoms with van der Waals surface area (Å²) in [6.07, 6.45) is 4.45. The van der Waals surface area contributed by atoms with Crippen LogP contribution in [0, 0.1) is 0 Å². The van der Waals surface area contributed by atoms with Crippen LogP contribution in [0.2, 0.25) is 0 Å². The van der Waals surface area contributed by atoms with E-state index in [1.54, 1.807) is 0 Å². The summed E-state index contributed by atoms with van der Waals surface area (Å²) in [6, 6.07) is 0.